The average Bonchev–Trinajstić information content (AvgIpc) is 2.11. The first-order chi connectivity index (χ1) is 6.24. The van der Waals surface area contributed by atoms with Gasteiger partial charge in [-0.15, -0.1) is 0 Å². The minimum Gasteiger partial charge on any atom is -0.506 e. The second-order valence-electron chi connectivity index (χ2n) is 2.74. The smallest absolute Gasteiger partial charge is 0.141 e. The fourth-order valence-electron chi connectivity index (χ4n) is 0.950. The summed E-state index contributed by atoms with van der Waals surface area (Å²) in [6.07, 6.45) is 4.76. The standard InChI is InChI=1S/C10H12BrNO/c1-8-5-6-10(13)9(12-8)4-2-3-7-11/h2,4-6,13H,3,7H2,1H3. The van der Waals surface area contributed by atoms with E-state index in [9.17, 15) is 5.11 Å². The molecule has 0 spiro atoms. The molecule has 3 heteroatoms. The molecule has 0 aliphatic rings. The van der Waals surface area contributed by atoms with Gasteiger partial charge in [-0.1, -0.05) is 22.0 Å². The number of hydrogen-bond acceptors (Lipinski definition) is 2. The number of nitrogens with zero attached hydrogens (tertiary/aromatic N) is 1. The number of alkyl halides is 1. The lowest BCUT2D eigenvalue weighted by molar-refractivity contribution is 0.470. The lowest BCUT2D eigenvalue weighted by Gasteiger charge is -1.98. The number of aromatic hydroxyl groups is 1. The highest BCUT2D eigenvalue weighted by Crippen LogP contribution is 2.16. The minimum atomic E-state index is 0.233. The van der Waals surface area contributed by atoms with Crippen LogP contribution in [-0.4, -0.2) is 15.4 Å². The summed E-state index contributed by atoms with van der Waals surface area (Å²) in [7, 11) is 0. The largest absolute Gasteiger partial charge is 0.506 e. The van der Waals surface area contributed by atoms with Crippen molar-refractivity contribution in [2.75, 3.05) is 5.33 Å². The zero-order valence-electron chi connectivity index (χ0n) is 7.50. The van der Waals surface area contributed by atoms with E-state index in [0.29, 0.717) is 5.69 Å². The maximum atomic E-state index is 9.41. The minimum absolute atomic E-state index is 0.233. The highest BCUT2D eigenvalue weighted by atomic mass is 79.9. The molecular weight excluding hydrogens is 230 g/mol. The van der Waals surface area contributed by atoms with E-state index in [-0.39, 0.29) is 5.75 Å². The molecule has 0 aliphatic carbocycles. The van der Waals surface area contributed by atoms with Crippen molar-refractivity contribution in [3.8, 4) is 5.75 Å². The number of pyridine rings is 1. The number of hydrogen-bond donors (Lipinski definition) is 1. The van der Waals surface area contributed by atoms with Gasteiger partial charge in [0.05, 0.1) is 0 Å². The Bertz CT molecular complexity index is 310. The van der Waals surface area contributed by atoms with E-state index in [1.165, 1.54) is 0 Å². The molecule has 1 rings (SSSR count). The van der Waals surface area contributed by atoms with Crippen molar-refractivity contribution < 1.29 is 5.11 Å². The third-order valence-corrected chi connectivity index (χ3v) is 2.05. The maximum Gasteiger partial charge on any atom is 0.141 e. The molecule has 0 aromatic carbocycles. The molecule has 1 heterocycles. The second kappa shape index (κ2) is 5.02. The molecular formula is C10H12BrNO. The van der Waals surface area contributed by atoms with Crippen LogP contribution in [0.25, 0.3) is 6.08 Å². The molecule has 1 aromatic heterocycles. The first kappa shape index (κ1) is 10.3. The van der Waals surface area contributed by atoms with Crippen LogP contribution in [0.2, 0.25) is 0 Å². The normalized spacial score (nSPS) is 10.9. The topological polar surface area (TPSA) is 33.1 Å². The summed E-state index contributed by atoms with van der Waals surface area (Å²) < 4.78 is 0. The van der Waals surface area contributed by atoms with Crippen molar-refractivity contribution in [3.63, 3.8) is 0 Å². The van der Waals surface area contributed by atoms with Crippen LogP contribution in [0.15, 0.2) is 18.2 Å². The number of aryl methyl sites for hydroxylation is 1. The van der Waals surface area contributed by atoms with E-state index in [2.05, 4.69) is 20.9 Å². The van der Waals surface area contributed by atoms with Gasteiger partial charge >= 0.3 is 0 Å². The van der Waals surface area contributed by atoms with E-state index in [4.69, 9.17) is 0 Å². The van der Waals surface area contributed by atoms with Crippen molar-refractivity contribution in [3.05, 3.63) is 29.6 Å². The molecule has 0 saturated heterocycles. The van der Waals surface area contributed by atoms with E-state index in [1.54, 1.807) is 12.1 Å². The van der Waals surface area contributed by atoms with Crippen LogP contribution in [-0.2, 0) is 0 Å². The molecule has 0 unspecified atom stereocenters. The molecule has 70 valence electrons. The lowest BCUT2D eigenvalue weighted by atomic mass is 10.2. The third kappa shape index (κ3) is 3.19. The molecule has 2 nitrogen and oxygen atoms in total. The van der Waals surface area contributed by atoms with Gasteiger partial charge in [0.2, 0.25) is 0 Å². The Hall–Kier alpha value is -0.830. The van der Waals surface area contributed by atoms with Gasteiger partial charge in [-0.05, 0) is 31.6 Å². The van der Waals surface area contributed by atoms with Gasteiger partial charge in [-0.25, -0.2) is 4.98 Å². The van der Waals surface area contributed by atoms with Crippen molar-refractivity contribution >= 4 is 22.0 Å². The van der Waals surface area contributed by atoms with Gasteiger partial charge in [-0.3, -0.25) is 0 Å². The Labute approximate surface area is 86.4 Å². The number of halogens is 1. The summed E-state index contributed by atoms with van der Waals surface area (Å²) >= 11 is 3.32. The fourth-order valence-corrected chi connectivity index (χ4v) is 1.21. The predicted molar refractivity (Wildman–Crippen MR) is 58.1 cm³/mol. The van der Waals surface area contributed by atoms with Crippen LogP contribution >= 0.6 is 15.9 Å². The molecule has 0 fully saturated rings. The molecule has 13 heavy (non-hydrogen) atoms. The quantitative estimate of drug-likeness (QED) is 0.826. The lowest BCUT2D eigenvalue weighted by Crippen LogP contribution is -1.85. The Morgan fingerprint density at radius 1 is 1.54 bits per heavy atom. The molecule has 1 N–H and O–H groups in total. The van der Waals surface area contributed by atoms with Crippen LogP contribution in [0.1, 0.15) is 17.8 Å². The van der Waals surface area contributed by atoms with E-state index >= 15 is 0 Å². The average molecular weight is 242 g/mol. The maximum absolute atomic E-state index is 9.41. The molecule has 1 aromatic rings. The summed E-state index contributed by atoms with van der Waals surface area (Å²) in [4.78, 5) is 4.19. The highest BCUT2D eigenvalue weighted by Gasteiger charge is 1.97. The number of allylic oxidation sites excluding steroid dienone is 1. The summed E-state index contributed by atoms with van der Waals surface area (Å²) in [6.45, 7) is 1.90. The van der Waals surface area contributed by atoms with Gasteiger partial charge in [0.15, 0.2) is 0 Å². The van der Waals surface area contributed by atoms with Crippen molar-refractivity contribution in [1.82, 2.24) is 4.98 Å². The van der Waals surface area contributed by atoms with E-state index in [0.717, 1.165) is 17.4 Å². The van der Waals surface area contributed by atoms with Crippen LogP contribution in [0, 0.1) is 6.92 Å². The zero-order chi connectivity index (χ0) is 9.68. The first-order valence-corrected chi connectivity index (χ1v) is 5.25. The van der Waals surface area contributed by atoms with Crippen LogP contribution in [0.3, 0.4) is 0 Å². The summed E-state index contributed by atoms with van der Waals surface area (Å²) in [6, 6.07) is 3.45. The van der Waals surface area contributed by atoms with E-state index < -0.39 is 0 Å². The van der Waals surface area contributed by atoms with Crippen LogP contribution in [0.5, 0.6) is 5.75 Å². The second-order valence-corrected chi connectivity index (χ2v) is 3.53. The van der Waals surface area contributed by atoms with Gasteiger partial charge in [0.1, 0.15) is 11.4 Å². The van der Waals surface area contributed by atoms with Gasteiger partial charge in [-0.2, -0.15) is 0 Å². The van der Waals surface area contributed by atoms with Crippen molar-refractivity contribution in [2.45, 2.75) is 13.3 Å². The number of aromatic nitrogens is 1. The van der Waals surface area contributed by atoms with Crippen LogP contribution in [0.4, 0.5) is 0 Å². The molecule has 0 bridgehead atoms. The molecule has 0 amide bonds. The monoisotopic (exact) mass is 241 g/mol. The van der Waals surface area contributed by atoms with E-state index in [1.807, 2.05) is 19.1 Å². The molecule has 0 radical (unpaired) electrons. The first-order valence-electron chi connectivity index (χ1n) is 4.13. The van der Waals surface area contributed by atoms with Crippen molar-refractivity contribution in [2.24, 2.45) is 0 Å². The fraction of sp³-hybridized carbons (Fsp3) is 0.300. The Kier molecular flexibility index (Phi) is 3.96. The molecule has 0 atom stereocenters. The predicted octanol–water partition coefficient (Wildman–Crippen LogP) is 2.89. The Balaban J connectivity index is 2.81. The van der Waals surface area contributed by atoms with Crippen LogP contribution < -0.4 is 0 Å². The number of rotatable bonds is 3. The Morgan fingerprint density at radius 3 is 3.00 bits per heavy atom. The van der Waals surface area contributed by atoms with Gasteiger partial charge in [0.25, 0.3) is 0 Å². The zero-order valence-corrected chi connectivity index (χ0v) is 9.08. The Morgan fingerprint density at radius 2 is 2.31 bits per heavy atom. The summed E-state index contributed by atoms with van der Waals surface area (Å²) in [5.74, 6) is 0.233. The SMILES string of the molecule is Cc1ccc(O)c(C=CCCBr)n1. The highest BCUT2D eigenvalue weighted by molar-refractivity contribution is 9.09. The summed E-state index contributed by atoms with van der Waals surface area (Å²) in [5.41, 5.74) is 1.55. The van der Waals surface area contributed by atoms with Gasteiger partial charge < -0.3 is 5.11 Å². The van der Waals surface area contributed by atoms with Crippen molar-refractivity contribution in [1.29, 1.82) is 0 Å². The summed E-state index contributed by atoms with van der Waals surface area (Å²) in [5, 5.41) is 10.3. The third-order valence-electron chi connectivity index (χ3n) is 1.59. The van der Waals surface area contributed by atoms with Gasteiger partial charge in [0, 0.05) is 11.0 Å². The molecule has 0 aliphatic heterocycles. The molecule has 0 saturated carbocycles.